The number of nitrogens with zero attached hydrogens (tertiary/aromatic N) is 3. The number of carbonyl (C=O) groups is 2. The fraction of sp³-hybridized carbons (Fsp3) is 0.200. The fourth-order valence-electron chi connectivity index (χ4n) is 3.60. The number of pyridine rings is 1. The number of halogens is 2. The predicted molar refractivity (Wildman–Crippen MR) is 120 cm³/mol. The Morgan fingerprint density at radius 3 is 2.53 bits per heavy atom. The van der Waals surface area contributed by atoms with Crippen molar-refractivity contribution in [1.82, 2.24) is 15.0 Å². The first-order valence-electron chi connectivity index (χ1n) is 10.5. The molecule has 1 unspecified atom stereocenters. The number of aryl methyl sites for hydroxylation is 1. The Bertz CT molecular complexity index is 1370. The Morgan fingerprint density at radius 1 is 1.09 bits per heavy atom. The zero-order valence-electron chi connectivity index (χ0n) is 18.7. The molecule has 0 saturated heterocycles. The van der Waals surface area contributed by atoms with Crippen molar-refractivity contribution in [1.29, 1.82) is 0 Å². The van der Waals surface area contributed by atoms with Crippen molar-refractivity contribution < 1.29 is 27.6 Å². The van der Waals surface area contributed by atoms with Crippen LogP contribution in [0.3, 0.4) is 0 Å². The lowest BCUT2D eigenvalue weighted by atomic mass is 10.1. The van der Waals surface area contributed by atoms with E-state index < -0.39 is 29.6 Å². The third-order valence-corrected chi connectivity index (χ3v) is 5.29. The molecule has 2 aromatic carbocycles. The topological polar surface area (TPSA) is 85.5 Å². The van der Waals surface area contributed by atoms with Gasteiger partial charge in [-0.05, 0) is 61.9 Å². The van der Waals surface area contributed by atoms with Gasteiger partial charge in [0.25, 0.3) is 11.6 Å². The third-order valence-electron chi connectivity index (χ3n) is 5.29. The fourth-order valence-corrected chi connectivity index (χ4v) is 3.60. The Balaban J connectivity index is 1.57. The number of amides is 1. The molecule has 2 heterocycles. The van der Waals surface area contributed by atoms with Gasteiger partial charge in [0.15, 0.2) is 6.10 Å². The van der Waals surface area contributed by atoms with Crippen molar-refractivity contribution in [2.45, 2.75) is 26.5 Å². The molecule has 0 fully saturated rings. The number of aromatic nitrogens is 2. The molecule has 0 aliphatic carbocycles. The minimum absolute atomic E-state index is 0.119. The highest BCUT2D eigenvalue weighted by molar-refractivity contribution is 6.05. The van der Waals surface area contributed by atoms with Crippen LogP contribution in [0.4, 0.5) is 8.78 Å². The number of rotatable bonds is 6. The molecule has 34 heavy (non-hydrogen) atoms. The monoisotopic (exact) mass is 465 g/mol. The number of likely N-dealkylation sites (N-methyl/N-ethyl adjacent to an activating group) is 1. The van der Waals surface area contributed by atoms with Crippen LogP contribution in [-0.2, 0) is 16.1 Å². The summed E-state index contributed by atoms with van der Waals surface area (Å²) in [5.74, 6) is -2.03. The van der Waals surface area contributed by atoms with Crippen LogP contribution >= 0.6 is 0 Å². The molecule has 0 bridgehead atoms. The Hall–Kier alpha value is -4.14. The highest BCUT2D eigenvalue weighted by Crippen LogP contribution is 2.28. The second-order valence-electron chi connectivity index (χ2n) is 7.88. The highest BCUT2D eigenvalue weighted by atomic mass is 19.1. The molecule has 0 saturated carbocycles. The number of esters is 1. The van der Waals surface area contributed by atoms with E-state index in [4.69, 9.17) is 9.26 Å². The first-order chi connectivity index (χ1) is 16.2. The number of hydrogen-bond acceptors (Lipinski definition) is 6. The van der Waals surface area contributed by atoms with Crippen LogP contribution in [0.15, 0.2) is 59.1 Å². The molecule has 1 atom stereocenters. The quantitative estimate of drug-likeness (QED) is 0.385. The van der Waals surface area contributed by atoms with Gasteiger partial charge in [-0.3, -0.25) is 4.79 Å². The van der Waals surface area contributed by atoms with Gasteiger partial charge < -0.3 is 14.2 Å². The van der Waals surface area contributed by atoms with E-state index in [1.807, 2.05) is 0 Å². The van der Waals surface area contributed by atoms with Crippen molar-refractivity contribution in [2.24, 2.45) is 0 Å². The maximum absolute atomic E-state index is 13.4. The van der Waals surface area contributed by atoms with Crippen LogP contribution in [0.25, 0.3) is 22.4 Å². The number of hydrogen-bond donors (Lipinski definition) is 0. The van der Waals surface area contributed by atoms with Crippen LogP contribution in [0.5, 0.6) is 0 Å². The lowest BCUT2D eigenvalue weighted by Crippen LogP contribution is -2.37. The van der Waals surface area contributed by atoms with E-state index in [2.05, 4.69) is 10.1 Å². The summed E-state index contributed by atoms with van der Waals surface area (Å²) in [6.45, 7) is 3.27. The summed E-state index contributed by atoms with van der Waals surface area (Å²) >= 11 is 0. The minimum Gasteiger partial charge on any atom is -0.449 e. The molecule has 1 amide bonds. The van der Waals surface area contributed by atoms with E-state index in [9.17, 15) is 18.4 Å². The van der Waals surface area contributed by atoms with Gasteiger partial charge in [0.05, 0.1) is 22.3 Å². The minimum atomic E-state index is -1.11. The van der Waals surface area contributed by atoms with Crippen molar-refractivity contribution in [3.63, 3.8) is 0 Å². The summed E-state index contributed by atoms with van der Waals surface area (Å²) < 4.78 is 37.5. The van der Waals surface area contributed by atoms with Crippen LogP contribution in [0, 0.1) is 18.6 Å². The van der Waals surface area contributed by atoms with Gasteiger partial charge in [0, 0.05) is 19.2 Å². The smallest absolute Gasteiger partial charge is 0.339 e. The second-order valence-corrected chi connectivity index (χ2v) is 7.88. The third kappa shape index (κ3) is 4.78. The largest absolute Gasteiger partial charge is 0.449 e. The first-order valence-corrected chi connectivity index (χ1v) is 10.5. The molecule has 174 valence electrons. The summed E-state index contributed by atoms with van der Waals surface area (Å²) in [4.78, 5) is 31.6. The predicted octanol–water partition coefficient (Wildman–Crippen LogP) is 4.68. The summed E-state index contributed by atoms with van der Waals surface area (Å²) in [6.07, 6.45) is -1.11. The molecule has 4 rings (SSSR count). The molecular weight excluding hydrogens is 444 g/mol. The Labute approximate surface area is 193 Å². The zero-order chi connectivity index (χ0) is 24.4. The average Bonchev–Trinajstić information content (AvgIpc) is 3.19. The van der Waals surface area contributed by atoms with E-state index in [0.717, 1.165) is 0 Å². The second kappa shape index (κ2) is 9.38. The van der Waals surface area contributed by atoms with Crippen LogP contribution < -0.4 is 0 Å². The highest BCUT2D eigenvalue weighted by Gasteiger charge is 2.26. The molecule has 7 nitrogen and oxygen atoms in total. The van der Waals surface area contributed by atoms with Crippen molar-refractivity contribution in [3.05, 3.63) is 83.1 Å². The van der Waals surface area contributed by atoms with E-state index in [1.165, 1.54) is 54.3 Å². The van der Waals surface area contributed by atoms with Crippen LogP contribution in [0.2, 0.25) is 0 Å². The van der Waals surface area contributed by atoms with Crippen molar-refractivity contribution in [3.8, 4) is 11.3 Å². The molecule has 0 aliphatic rings. The average molecular weight is 465 g/mol. The van der Waals surface area contributed by atoms with Crippen LogP contribution in [-0.4, -0.2) is 40.1 Å². The lowest BCUT2D eigenvalue weighted by Gasteiger charge is -2.21. The Kier molecular flexibility index (Phi) is 6.36. The van der Waals surface area contributed by atoms with Gasteiger partial charge in [-0.15, -0.1) is 0 Å². The summed E-state index contributed by atoms with van der Waals surface area (Å²) in [7, 11) is 1.54. The number of benzene rings is 2. The normalized spacial score (nSPS) is 11.9. The van der Waals surface area contributed by atoms with Gasteiger partial charge in [0.2, 0.25) is 0 Å². The summed E-state index contributed by atoms with van der Waals surface area (Å²) in [5.41, 5.74) is 2.20. The molecule has 2 aromatic heterocycles. The molecule has 0 spiro atoms. The van der Waals surface area contributed by atoms with Crippen molar-refractivity contribution >= 4 is 23.0 Å². The van der Waals surface area contributed by atoms with Gasteiger partial charge in [-0.25, -0.2) is 18.6 Å². The van der Waals surface area contributed by atoms with E-state index in [1.54, 1.807) is 26.1 Å². The van der Waals surface area contributed by atoms with Gasteiger partial charge in [-0.1, -0.05) is 17.3 Å². The standard InChI is InChI=1S/C25H21F2N3O4/c1-14-22-20(12-21(28-23(22)34-29-14)17-7-9-18(26)10-8-17)25(32)33-15(2)24(31)30(3)13-16-5-4-6-19(27)11-16/h4-12,15H,13H2,1-3H3. The van der Waals surface area contributed by atoms with Crippen molar-refractivity contribution in [2.75, 3.05) is 7.05 Å². The number of ether oxygens (including phenoxy) is 1. The SMILES string of the molecule is Cc1noc2nc(-c3ccc(F)cc3)cc(C(=O)OC(C)C(=O)N(C)Cc3cccc(F)c3)c12. The maximum atomic E-state index is 13.4. The lowest BCUT2D eigenvalue weighted by molar-refractivity contribution is -0.139. The molecule has 0 N–H and O–H groups in total. The summed E-state index contributed by atoms with van der Waals surface area (Å²) in [5, 5.41) is 4.24. The summed E-state index contributed by atoms with van der Waals surface area (Å²) in [6, 6.07) is 13.0. The number of carbonyl (C=O) groups excluding carboxylic acids is 2. The van der Waals surface area contributed by atoms with E-state index >= 15 is 0 Å². The van der Waals surface area contributed by atoms with Crippen LogP contribution in [0.1, 0.15) is 28.5 Å². The first kappa shape index (κ1) is 23.0. The molecule has 9 heteroatoms. The molecule has 0 aliphatic heterocycles. The van der Waals surface area contributed by atoms with E-state index in [0.29, 0.717) is 27.9 Å². The van der Waals surface area contributed by atoms with Gasteiger partial charge in [-0.2, -0.15) is 0 Å². The molecular formula is C25H21F2N3O4. The molecule has 0 radical (unpaired) electrons. The Morgan fingerprint density at radius 2 is 1.82 bits per heavy atom. The number of fused-ring (bicyclic) bond motifs is 1. The zero-order valence-corrected chi connectivity index (χ0v) is 18.7. The van der Waals surface area contributed by atoms with E-state index in [-0.39, 0.29) is 17.8 Å². The molecule has 4 aromatic rings. The van der Waals surface area contributed by atoms with Gasteiger partial charge >= 0.3 is 5.97 Å². The maximum Gasteiger partial charge on any atom is 0.339 e. The van der Waals surface area contributed by atoms with Gasteiger partial charge in [0.1, 0.15) is 11.6 Å².